The molecule has 0 atom stereocenters. The van der Waals surface area contributed by atoms with Gasteiger partial charge in [-0.2, -0.15) is 0 Å². The molecule has 1 rings (SSSR count). The lowest BCUT2D eigenvalue weighted by atomic mass is 9.90. The van der Waals surface area contributed by atoms with Gasteiger partial charge in [0.25, 0.3) is 0 Å². The van der Waals surface area contributed by atoms with Crippen LogP contribution in [0.4, 0.5) is 0 Å². The second-order valence-corrected chi connectivity index (χ2v) is 5.32. The topological polar surface area (TPSA) is 66.6 Å². The number of carbonyl (C=O) groups is 1. The summed E-state index contributed by atoms with van der Waals surface area (Å²) in [5.41, 5.74) is 4.88. The van der Waals surface area contributed by atoms with Crippen LogP contribution in [0.5, 0.6) is 0 Å². The van der Waals surface area contributed by atoms with Gasteiger partial charge in [-0.3, -0.25) is 4.79 Å². The van der Waals surface area contributed by atoms with E-state index in [0.717, 1.165) is 0 Å². The lowest BCUT2D eigenvalue weighted by Gasteiger charge is -2.46. The maximum absolute atomic E-state index is 11.6. The summed E-state index contributed by atoms with van der Waals surface area (Å²) < 4.78 is 0. The molecule has 1 fully saturated rings. The number of likely N-dealkylation sites (tertiary alicyclic amines) is 1. The number of rotatable bonds is 4. The Bertz CT molecular complexity index is 239. The van der Waals surface area contributed by atoms with E-state index in [2.05, 4.69) is 0 Å². The van der Waals surface area contributed by atoms with Crippen molar-refractivity contribution in [2.75, 3.05) is 13.1 Å². The van der Waals surface area contributed by atoms with Crippen LogP contribution in [0.25, 0.3) is 0 Å². The number of carbonyl (C=O) groups excluding carboxylic acids is 1. The molecule has 4 nitrogen and oxygen atoms in total. The molecule has 0 aliphatic carbocycles. The van der Waals surface area contributed by atoms with Gasteiger partial charge >= 0.3 is 0 Å². The Labute approximate surface area is 91.4 Å². The van der Waals surface area contributed by atoms with Crippen molar-refractivity contribution in [1.82, 2.24) is 4.90 Å². The van der Waals surface area contributed by atoms with Crippen molar-refractivity contribution < 1.29 is 9.90 Å². The van der Waals surface area contributed by atoms with Crippen molar-refractivity contribution in [1.29, 1.82) is 0 Å². The van der Waals surface area contributed by atoms with Gasteiger partial charge in [0.15, 0.2) is 0 Å². The average molecular weight is 214 g/mol. The second kappa shape index (κ2) is 4.10. The van der Waals surface area contributed by atoms with Gasteiger partial charge < -0.3 is 15.7 Å². The van der Waals surface area contributed by atoms with Crippen molar-refractivity contribution in [2.24, 2.45) is 5.73 Å². The van der Waals surface area contributed by atoms with Crippen LogP contribution in [0.15, 0.2) is 0 Å². The molecule has 0 aromatic carbocycles. The summed E-state index contributed by atoms with van der Waals surface area (Å²) in [4.78, 5) is 13.3. The number of amides is 1. The zero-order valence-electron chi connectivity index (χ0n) is 9.92. The molecule has 3 N–H and O–H groups in total. The molecule has 88 valence electrons. The third kappa shape index (κ3) is 3.47. The first-order chi connectivity index (χ1) is 6.76. The van der Waals surface area contributed by atoms with E-state index in [1.165, 1.54) is 0 Å². The molecule has 0 saturated carbocycles. The van der Waals surface area contributed by atoms with Crippen LogP contribution in [-0.2, 0) is 4.79 Å². The average Bonchev–Trinajstić information content (AvgIpc) is 2.08. The fourth-order valence-electron chi connectivity index (χ4n) is 1.65. The summed E-state index contributed by atoms with van der Waals surface area (Å²) in [7, 11) is 0. The van der Waals surface area contributed by atoms with E-state index in [4.69, 9.17) is 5.73 Å². The maximum Gasteiger partial charge on any atom is 0.222 e. The quantitative estimate of drug-likeness (QED) is 0.715. The van der Waals surface area contributed by atoms with Crippen LogP contribution < -0.4 is 5.73 Å². The SMILES string of the molecule is CCC1(O)CN(C(=O)CCC(C)(C)N)C1. The minimum absolute atomic E-state index is 0.103. The van der Waals surface area contributed by atoms with E-state index < -0.39 is 5.60 Å². The highest BCUT2D eigenvalue weighted by atomic mass is 16.3. The van der Waals surface area contributed by atoms with Crippen LogP contribution in [0.2, 0.25) is 0 Å². The van der Waals surface area contributed by atoms with E-state index in [1.807, 2.05) is 20.8 Å². The Kier molecular flexibility index (Phi) is 3.41. The first-order valence-corrected chi connectivity index (χ1v) is 5.55. The minimum atomic E-state index is -0.631. The molecule has 1 aliphatic heterocycles. The predicted octanol–water partition coefficient (Wildman–Crippen LogP) is 0.487. The highest BCUT2D eigenvalue weighted by molar-refractivity contribution is 5.77. The Hall–Kier alpha value is -0.610. The highest BCUT2D eigenvalue weighted by Gasteiger charge is 2.41. The molecule has 15 heavy (non-hydrogen) atoms. The molecular weight excluding hydrogens is 192 g/mol. The molecule has 1 amide bonds. The smallest absolute Gasteiger partial charge is 0.222 e. The van der Waals surface area contributed by atoms with Crippen LogP contribution >= 0.6 is 0 Å². The van der Waals surface area contributed by atoms with Gasteiger partial charge in [-0.25, -0.2) is 0 Å². The molecule has 1 aliphatic rings. The van der Waals surface area contributed by atoms with Gasteiger partial charge in [0.05, 0.1) is 18.7 Å². The van der Waals surface area contributed by atoms with Crippen LogP contribution in [-0.4, -0.2) is 40.1 Å². The Morgan fingerprint density at radius 1 is 1.53 bits per heavy atom. The molecule has 0 aromatic rings. The molecule has 0 spiro atoms. The number of aliphatic hydroxyl groups is 1. The number of hydrogen-bond acceptors (Lipinski definition) is 3. The third-order valence-electron chi connectivity index (χ3n) is 2.96. The van der Waals surface area contributed by atoms with Gasteiger partial charge in [0.2, 0.25) is 5.91 Å². The summed E-state index contributed by atoms with van der Waals surface area (Å²) in [5, 5.41) is 9.75. The van der Waals surface area contributed by atoms with Gasteiger partial charge in [-0.1, -0.05) is 6.92 Å². The Morgan fingerprint density at radius 3 is 2.47 bits per heavy atom. The van der Waals surface area contributed by atoms with Crippen LogP contribution in [0.3, 0.4) is 0 Å². The number of nitrogens with zero attached hydrogens (tertiary/aromatic N) is 1. The first-order valence-electron chi connectivity index (χ1n) is 5.55. The van der Waals surface area contributed by atoms with Gasteiger partial charge in [0, 0.05) is 12.0 Å². The molecule has 4 heteroatoms. The monoisotopic (exact) mass is 214 g/mol. The highest BCUT2D eigenvalue weighted by Crippen LogP contribution is 2.25. The largest absolute Gasteiger partial charge is 0.386 e. The van der Waals surface area contributed by atoms with Crippen molar-refractivity contribution in [3.63, 3.8) is 0 Å². The normalized spacial score (nSPS) is 19.9. The summed E-state index contributed by atoms with van der Waals surface area (Å²) in [6.07, 6.45) is 1.87. The molecule has 1 saturated heterocycles. The summed E-state index contributed by atoms with van der Waals surface area (Å²) in [5.74, 6) is 0.103. The van der Waals surface area contributed by atoms with Crippen LogP contribution in [0.1, 0.15) is 40.0 Å². The Balaban J connectivity index is 2.27. The first kappa shape index (κ1) is 12.5. The fraction of sp³-hybridized carbons (Fsp3) is 0.909. The van der Waals surface area contributed by atoms with E-state index in [9.17, 15) is 9.90 Å². The lowest BCUT2D eigenvalue weighted by Crippen LogP contribution is -2.63. The molecule has 1 heterocycles. The second-order valence-electron chi connectivity index (χ2n) is 5.32. The lowest BCUT2D eigenvalue weighted by molar-refractivity contribution is -0.156. The zero-order chi connectivity index (χ0) is 11.7. The van der Waals surface area contributed by atoms with Gasteiger partial charge in [-0.15, -0.1) is 0 Å². The van der Waals surface area contributed by atoms with E-state index in [1.54, 1.807) is 4.90 Å². The summed E-state index contributed by atoms with van der Waals surface area (Å²) >= 11 is 0. The number of nitrogens with two attached hydrogens (primary N) is 1. The Morgan fingerprint density at radius 2 is 2.07 bits per heavy atom. The van der Waals surface area contributed by atoms with Gasteiger partial charge in [-0.05, 0) is 26.7 Å². The molecular formula is C11H22N2O2. The minimum Gasteiger partial charge on any atom is -0.386 e. The van der Waals surface area contributed by atoms with E-state index in [0.29, 0.717) is 32.4 Å². The van der Waals surface area contributed by atoms with Gasteiger partial charge in [0.1, 0.15) is 0 Å². The maximum atomic E-state index is 11.6. The zero-order valence-corrected chi connectivity index (χ0v) is 9.92. The standard InChI is InChI=1S/C11H22N2O2/c1-4-11(15)7-13(8-11)9(14)5-6-10(2,3)12/h15H,4-8,12H2,1-3H3. The van der Waals surface area contributed by atoms with Crippen molar-refractivity contribution >= 4 is 5.91 Å². The number of hydrogen-bond donors (Lipinski definition) is 2. The van der Waals surface area contributed by atoms with E-state index >= 15 is 0 Å². The molecule has 0 unspecified atom stereocenters. The van der Waals surface area contributed by atoms with Crippen molar-refractivity contribution in [3.8, 4) is 0 Å². The molecule has 0 bridgehead atoms. The van der Waals surface area contributed by atoms with E-state index in [-0.39, 0.29) is 11.4 Å². The molecule has 0 aromatic heterocycles. The van der Waals surface area contributed by atoms with Crippen molar-refractivity contribution in [2.45, 2.75) is 51.2 Å². The third-order valence-corrected chi connectivity index (χ3v) is 2.96. The summed E-state index contributed by atoms with van der Waals surface area (Å²) in [6.45, 7) is 6.73. The van der Waals surface area contributed by atoms with Crippen molar-refractivity contribution in [3.05, 3.63) is 0 Å². The van der Waals surface area contributed by atoms with Crippen LogP contribution in [0, 0.1) is 0 Å². The molecule has 0 radical (unpaired) electrons. The summed E-state index contributed by atoms with van der Waals surface area (Å²) in [6, 6.07) is 0. The number of β-amino-alcohol motifs (C(OH)–C–C–N with tert-alkyl or cyclic N) is 1. The predicted molar refractivity (Wildman–Crippen MR) is 59.3 cm³/mol. The fourth-order valence-corrected chi connectivity index (χ4v) is 1.65.